The molecule has 7 nitrogen and oxygen atoms in total. The van der Waals surface area contributed by atoms with Gasteiger partial charge in [-0.15, -0.1) is 0 Å². The number of carbonyl (C=O) groups is 1. The molecule has 2 aromatic carbocycles. The quantitative estimate of drug-likeness (QED) is 0.247. The summed E-state index contributed by atoms with van der Waals surface area (Å²) in [5.74, 6) is 0.115. The van der Waals surface area contributed by atoms with Crippen LogP contribution in [-0.2, 0) is 16.9 Å². The van der Waals surface area contributed by atoms with Crippen LogP contribution in [0, 0.1) is 0 Å². The van der Waals surface area contributed by atoms with Gasteiger partial charge in [0, 0.05) is 22.4 Å². The molecular formula is C27H24Cl2N2O5S. The van der Waals surface area contributed by atoms with E-state index < -0.39 is 11.6 Å². The van der Waals surface area contributed by atoms with Crippen LogP contribution in [0.3, 0.4) is 0 Å². The van der Waals surface area contributed by atoms with E-state index in [1.54, 1.807) is 24.3 Å². The maximum atomic E-state index is 11.5. The smallest absolute Gasteiger partial charge is 0.356 e. The number of nitrogens with zero attached hydrogens (tertiary/aromatic N) is 2. The van der Waals surface area contributed by atoms with E-state index in [0.717, 1.165) is 40.4 Å². The Bertz CT molecular complexity index is 1470. The molecule has 4 aromatic rings. The second-order valence-electron chi connectivity index (χ2n) is 9.83. The first-order valence-electron chi connectivity index (χ1n) is 12.2. The monoisotopic (exact) mass is 558 g/mol. The van der Waals surface area contributed by atoms with Crippen LogP contribution in [0.15, 0.2) is 40.9 Å². The molecular weight excluding hydrogens is 535 g/mol. The highest BCUT2D eigenvalue weighted by Gasteiger charge is 2.37. The molecule has 6 rings (SSSR count). The summed E-state index contributed by atoms with van der Waals surface area (Å²) in [6.45, 7) is 0.323. The van der Waals surface area contributed by atoms with Gasteiger partial charge < -0.3 is 19.5 Å². The lowest BCUT2D eigenvalue weighted by Gasteiger charge is -2.36. The number of aromatic nitrogens is 2. The zero-order chi connectivity index (χ0) is 25.7. The molecule has 0 radical (unpaired) electrons. The summed E-state index contributed by atoms with van der Waals surface area (Å²) in [5, 5.41) is 26.8. The summed E-state index contributed by atoms with van der Waals surface area (Å²) in [5.41, 5.74) is 1.85. The first-order chi connectivity index (χ1) is 17.8. The third-order valence-corrected chi connectivity index (χ3v) is 8.86. The second kappa shape index (κ2) is 9.67. The van der Waals surface area contributed by atoms with E-state index in [2.05, 4.69) is 9.53 Å². The van der Waals surface area contributed by atoms with Crippen molar-refractivity contribution in [1.29, 1.82) is 0 Å². The molecule has 0 unspecified atom stereocenters. The molecule has 0 saturated heterocycles. The van der Waals surface area contributed by atoms with Crippen molar-refractivity contribution in [2.24, 2.45) is 0 Å². The van der Waals surface area contributed by atoms with Crippen molar-refractivity contribution in [3.8, 4) is 11.3 Å². The molecule has 2 heterocycles. The zero-order valence-corrected chi connectivity index (χ0v) is 22.1. The zero-order valence-electron chi connectivity index (χ0n) is 19.7. The van der Waals surface area contributed by atoms with Gasteiger partial charge in [0.05, 0.1) is 33.1 Å². The molecule has 0 aliphatic heterocycles. The van der Waals surface area contributed by atoms with E-state index in [9.17, 15) is 15.0 Å². The van der Waals surface area contributed by atoms with Gasteiger partial charge >= 0.3 is 5.97 Å². The molecule has 0 atom stereocenters. The maximum absolute atomic E-state index is 11.5. The van der Waals surface area contributed by atoms with E-state index >= 15 is 0 Å². The number of carboxylic acid groups (broad SMARTS) is 1. The molecule has 2 saturated carbocycles. The Kier molecular flexibility index (Phi) is 6.49. The Balaban J connectivity index is 1.18. The molecule has 2 aliphatic rings. The van der Waals surface area contributed by atoms with E-state index in [1.165, 1.54) is 0 Å². The number of aromatic carboxylic acids is 1. The highest BCUT2D eigenvalue weighted by molar-refractivity contribution is 7.13. The van der Waals surface area contributed by atoms with Crippen LogP contribution in [0.4, 0.5) is 0 Å². The van der Waals surface area contributed by atoms with Crippen molar-refractivity contribution >= 4 is 50.8 Å². The minimum Gasteiger partial charge on any atom is -0.476 e. The summed E-state index contributed by atoms with van der Waals surface area (Å²) >= 11 is 14.1. The van der Waals surface area contributed by atoms with E-state index in [1.807, 2.05) is 12.1 Å². The Labute approximate surface area is 227 Å². The van der Waals surface area contributed by atoms with Crippen molar-refractivity contribution in [3.63, 3.8) is 0 Å². The molecule has 192 valence electrons. The Hall–Kier alpha value is -2.49. The van der Waals surface area contributed by atoms with Crippen LogP contribution in [0.1, 0.15) is 71.8 Å². The summed E-state index contributed by atoms with van der Waals surface area (Å²) in [6, 6.07) is 10.8. The van der Waals surface area contributed by atoms with E-state index in [-0.39, 0.29) is 11.8 Å². The number of hydrogen-bond acceptors (Lipinski definition) is 7. The van der Waals surface area contributed by atoms with Gasteiger partial charge in [-0.2, -0.15) is 4.37 Å². The van der Waals surface area contributed by atoms with Gasteiger partial charge in [0.1, 0.15) is 11.5 Å². The average Bonchev–Trinajstić information content (AvgIpc) is 3.49. The van der Waals surface area contributed by atoms with Crippen LogP contribution in [0.5, 0.6) is 0 Å². The largest absolute Gasteiger partial charge is 0.476 e. The van der Waals surface area contributed by atoms with Gasteiger partial charge in [-0.25, -0.2) is 4.79 Å². The Morgan fingerprint density at radius 3 is 2.54 bits per heavy atom. The van der Waals surface area contributed by atoms with Gasteiger partial charge in [-0.05, 0) is 79.9 Å². The first-order valence-corrected chi connectivity index (χ1v) is 13.8. The number of ether oxygens (including phenoxy) is 1. The Morgan fingerprint density at radius 2 is 1.86 bits per heavy atom. The minimum absolute atomic E-state index is 0.0251. The number of fused-ring (bicyclic) bond motifs is 1. The standard InChI is InChI=1S/C27H24Cl2N2O5S/c28-19-2-1-3-20(29)22(19)23-18(25(36-30-23)14-4-5-14)13-35-16-8-10-27(34,11-9-16)15-6-7-21-17(12-15)24(26(32)33)31-37-21/h1-3,6-7,12,14,16,34H,4-5,8-11,13H2,(H,32,33). The highest BCUT2D eigenvalue weighted by atomic mass is 35.5. The molecule has 2 aliphatic carbocycles. The lowest BCUT2D eigenvalue weighted by molar-refractivity contribution is -0.0640. The summed E-state index contributed by atoms with van der Waals surface area (Å²) < 4.78 is 16.9. The maximum Gasteiger partial charge on any atom is 0.356 e. The van der Waals surface area contributed by atoms with Crippen LogP contribution >= 0.6 is 34.7 Å². The van der Waals surface area contributed by atoms with Gasteiger partial charge in [0.25, 0.3) is 0 Å². The molecule has 0 bridgehead atoms. The summed E-state index contributed by atoms with van der Waals surface area (Å²) in [6.07, 6.45) is 4.40. The van der Waals surface area contributed by atoms with Crippen LogP contribution in [0.25, 0.3) is 21.3 Å². The van der Waals surface area contributed by atoms with Gasteiger partial charge in [-0.1, -0.05) is 40.5 Å². The third kappa shape index (κ3) is 4.66. The van der Waals surface area contributed by atoms with Crippen molar-refractivity contribution in [2.45, 2.75) is 62.8 Å². The summed E-state index contributed by atoms with van der Waals surface area (Å²) in [4.78, 5) is 11.5. The average molecular weight is 559 g/mol. The predicted molar refractivity (Wildman–Crippen MR) is 141 cm³/mol. The van der Waals surface area contributed by atoms with Crippen molar-refractivity contribution in [3.05, 3.63) is 69.0 Å². The summed E-state index contributed by atoms with van der Waals surface area (Å²) in [7, 11) is 0. The fourth-order valence-electron chi connectivity index (χ4n) is 5.16. The lowest BCUT2D eigenvalue weighted by atomic mass is 9.78. The fourth-order valence-corrected chi connectivity index (χ4v) is 6.48. The first kappa shape index (κ1) is 24.8. The van der Waals surface area contributed by atoms with E-state index in [4.69, 9.17) is 32.5 Å². The van der Waals surface area contributed by atoms with Gasteiger partial charge in [-0.3, -0.25) is 0 Å². The number of halogens is 2. The number of hydrogen-bond donors (Lipinski definition) is 2. The normalized spacial score (nSPS) is 22.0. The SMILES string of the molecule is O=C(O)c1nsc2ccc(C3(O)CCC(OCc4c(-c5c(Cl)cccc5Cl)noc4C4CC4)CC3)cc12. The van der Waals surface area contributed by atoms with Crippen LogP contribution < -0.4 is 0 Å². The van der Waals surface area contributed by atoms with Crippen LogP contribution in [0.2, 0.25) is 10.0 Å². The van der Waals surface area contributed by atoms with Gasteiger partial charge in [0.2, 0.25) is 0 Å². The highest BCUT2D eigenvalue weighted by Crippen LogP contribution is 2.47. The van der Waals surface area contributed by atoms with Crippen molar-refractivity contribution in [2.75, 3.05) is 0 Å². The molecule has 10 heteroatoms. The number of aliphatic hydroxyl groups is 1. The van der Waals surface area contributed by atoms with Crippen molar-refractivity contribution in [1.82, 2.24) is 9.53 Å². The molecule has 2 N–H and O–H groups in total. The number of benzene rings is 2. The predicted octanol–water partition coefficient (Wildman–Crippen LogP) is 7.18. The minimum atomic E-state index is -1.07. The number of carboxylic acids is 1. The van der Waals surface area contributed by atoms with Gasteiger partial charge in [0.15, 0.2) is 5.69 Å². The lowest BCUT2D eigenvalue weighted by Crippen LogP contribution is -2.34. The van der Waals surface area contributed by atoms with Crippen LogP contribution in [-0.4, -0.2) is 31.8 Å². The molecule has 0 spiro atoms. The Morgan fingerprint density at radius 1 is 1.14 bits per heavy atom. The molecule has 2 aromatic heterocycles. The third-order valence-electron chi connectivity index (χ3n) is 7.40. The fraction of sp³-hybridized carbons (Fsp3) is 0.370. The van der Waals surface area contributed by atoms with Crippen molar-refractivity contribution < 1.29 is 24.3 Å². The number of rotatable bonds is 7. The van der Waals surface area contributed by atoms with E-state index in [0.29, 0.717) is 70.5 Å². The molecule has 2 fully saturated rings. The molecule has 0 amide bonds. The molecule has 37 heavy (non-hydrogen) atoms. The topological polar surface area (TPSA) is 106 Å². The second-order valence-corrected chi connectivity index (χ2v) is 11.5.